The maximum atomic E-state index is 11.6. The Morgan fingerprint density at radius 1 is 1.31 bits per heavy atom. The first kappa shape index (κ1) is 13.0. The summed E-state index contributed by atoms with van der Waals surface area (Å²) in [6.45, 7) is 3.91. The molecule has 0 saturated heterocycles. The van der Waals surface area contributed by atoms with Crippen LogP contribution in [0.3, 0.4) is 0 Å². The predicted molar refractivity (Wildman–Crippen MR) is 62.7 cm³/mol. The van der Waals surface area contributed by atoms with E-state index in [2.05, 4.69) is 4.40 Å². The van der Waals surface area contributed by atoms with E-state index in [1.807, 2.05) is 13.8 Å². The largest absolute Gasteiger partial charge is 0.293 e. The van der Waals surface area contributed by atoms with Gasteiger partial charge in [-0.3, -0.25) is 0 Å². The van der Waals surface area contributed by atoms with Gasteiger partial charge in [0.1, 0.15) is 4.90 Å². The summed E-state index contributed by atoms with van der Waals surface area (Å²) < 4.78 is 26.0. The van der Waals surface area contributed by atoms with Crippen molar-refractivity contribution in [3.63, 3.8) is 0 Å². The summed E-state index contributed by atoms with van der Waals surface area (Å²) in [7, 11) is -3.91. The highest BCUT2D eigenvalue weighted by Gasteiger charge is 2.17. The molecular formula is C10H11NO3S2. The molecule has 0 saturated carbocycles. The first-order valence-electron chi connectivity index (χ1n) is 4.57. The Morgan fingerprint density at radius 3 is 2.50 bits per heavy atom. The standard InChI is InChI=1S/C10H11NO3S2/c1-8(2)15-9-5-3-4-6-10(9)16(13,14)11-7-12/h3-6,8H,1-2H3. The van der Waals surface area contributed by atoms with Crippen LogP contribution in [0.15, 0.2) is 38.5 Å². The molecule has 0 spiro atoms. The molecule has 0 unspecified atom stereocenters. The van der Waals surface area contributed by atoms with Crippen molar-refractivity contribution in [2.24, 2.45) is 4.40 Å². The van der Waals surface area contributed by atoms with Crippen LogP contribution in [0.4, 0.5) is 0 Å². The van der Waals surface area contributed by atoms with Gasteiger partial charge >= 0.3 is 0 Å². The second-order valence-corrected chi connectivity index (χ2v) is 6.46. The molecule has 0 fully saturated rings. The molecule has 16 heavy (non-hydrogen) atoms. The molecule has 0 amide bonds. The lowest BCUT2D eigenvalue weighted by Crippen LogP contribution is -1.99. The van der Waals surface area contributed by atoms with Gasteiger partial charge in [0, 0.05) is 10.1 Å². The number of isocyanates is 1. The van der Waals surface area contributed by atoms with E-state index < -0.39 is 10.0 Å². The lowest BCUT2D eigenvalue weighted by atomic mass is 10.4. The number of sulfonamides is 1. The Labute approximate surface area is 98.8 Å². The second kappa shape index (κ2) is 5.30. The van der Waals surface area contributed by atoms with Crippen LogP contribution in [0.2, 0.25) is 0 Å². The Hall–Kier alpha value is -1.10. The average Bonchev–Trinajstić information content (AvgIpc) is 2.17. The van der Waals surface area contributed by atoms with E-state index in [0.29, 0.717) is 4.90 Å². The quantitative estimate of drug-likeness (QED) is 0.471. The average molecular weight is 257 g/mol. The van der Waals surface area contributed by atoms with Crippen LogP contribution in [0.5, 0.6) is 0 Å². The summed E-state index contributed by atoms with van der Waals surface area (Å²) in [5.41, 5.74) is 0. The normalized spacial score (nSPS) is 11.2. The number of nitrogens with zero attached hydrogens (tertiary/aromatic N) is 1. The summed E-state index contributed by atoms with van der Waals surface area (Å²) in [6, 6.07) is 6.46. The summed E-state index contributed by atoms with van der Waals surface area (Å²) in [5, 5.41) is 0.247. The van der Waals surface area contributed by atoms with Crippen LogP contribution in [-0.4, -0.2) is 19.7 Å². The van der Waals surface area contributed by atoms with Crippen molar-refractivity contribution in [1.29, 1.82) is 0 Å². The number of carbonyl (C=O) groups excluding carboxylic acids is 1. The summed E-state index contributed by atoms with van der Waals surface area (Å²) in [6.07, 6.45) is 1.06. The van der Waals surface area contributed by atoms with E-state index in [4.69, 9.17) is 0 Å². The third-order valence-corrected chi connectivity index (χ3v) is 4.08. The van der Waals surface area contributed by atoms with Crippen molar-refractivity contribution in [1.82, 2.24) is 0 Å². The van der Waals surface area contributed by atoms with Gasteiger partial charge in [0.15, 0.2) is 0 Å². The van der Waals surface area contributed by atoms with Crippen LogP contribution >= 0.6 is 11.8 Å². The van der Waals surface area contributed by atoms with Crippen molar-refractivity contribution < 1.29 is 13.2 Å². The Morgan fingerprint density at radius 2 is 1.94 bits per heavy atom. The smallest absolute Gasteiger partial charge is 0.210 e. The first-order chi connectivity index (χ1) is 7.47. The molecule has 0 bridgehead atoms. The van der Waals surface area contributed by atoms with Gasteiger partial charge in [0.25, 0.3) is 16.1 Å². The molecule has 0 atom stereocenters. The highest BCUT2D eigenvalue weighted by molar-refractivity contribution is 8.00. The highest BCUT2D eigenvalue weighted by Crippen LogP contribution is 2.30. The number of hydrogen-bond acceptors (Lipinski definition) is 4. The summed E-state index contributed by atoms with van der Waals surface area (Å²) in [5.74, 6) is 0. The molecule has 0 aliphatic rings. The molecule has 0 N–H and O–H groups in total. The molecular weight excluding hydrogens is 246 g/mol. The van der Waals surface area contributed by atoms with Gasteiger partial charge in [0.05, 0.1) is 0 Å². The predicted octanol–water partition coefficient (Wildman–Crippen LogP) is 2.21. The number of benzene rings is 1. The fourth-order valence-corrected chi connectivity index (χ4v) is 3.19. The van der Waals surface area contributed by atoms with Gasteiger partial charge in [-0.15, -0.1) is 11.8 Å². The zero-order chi connectivity index (χ0) is 12.2. The zero-order valence-electron chi connectivity index (χ0n) is 8.88. The summed E-state index contributed by atoms with van der Waals surface area (Å²) in [4.78, 5) is 10.7. The maximum Gasteiger partial charge on any atom is 0.293 e. The lowest BCUT2D eigenvalue weighted by Gasteiger charge is -2.08. The maximum absolute atomic E-state index is 11.6. The number of rotatable bonds is 4. The van der Waals surface area contributed by atoms with Gasteiger partial charge in [0.2, 0.25) is 0 Å². The third-order valence-electron chi connectivity index (χ3n) is 1.65. The zero-order valence-corrected chi connectivity index (χ0v) is 10.5. The van der Waals surface area contributed by atoms with E-state index in [1.54, 1.807) is 18.2 Å². The molecule has 86 valence electrons. The minimum Gasteiger partial charge on any atom is -0.210 e. The number of hydrogen-bond donors (Lipinski definition) is 0. The van der Waals surface area contributed by atoms with Gasteiger partial charge in [-0.1, -0.05) is 30.4 Å². The fourth-order valence-electron chi connectivity index (χ4n) is 1.11. The van der Waals surface area contributed by atoms with Crippen molar-refractivity contribution in [3.8, 4) is 0 Å². The Kier molecular flexibility index (Phi) is 4.29. The van der Waals surface area contributed by atoms with E-state index in [1.165, 1.54) is 17.8 Å². The van der Waals surface area contributed by atoms with Crippen molar-refractivity contribution in [2.45, 2.75) is 28.9 Å². The molecule has 0 radical (unpaired) electrons. The van der Waals surface area contributed by atoms with Crippen molar-refractivity contribution in [3.05, 3.63) is 24.3 Å². The van der Waals surface area contributed by atoms with Crippen molar-refractivity contribution >= 4 is 27.9 Å². The third kappa shape index (κ3) is 3.20. The monoisotopic (exact) mass is 257 g/mol. The molecule has 1 aromatic rings. The number of thioether (sulfide) groups is 1. The van der Waals surface area contributed by atoms with E-state index >= 15 is 0 Å². The summed E-state index contributed by atoms with van der Waals surface area (Å²) >= 11 is 1.41. The fraction of sp³-hybridized carbons (Fsp3) is 0.300. The van der Waals surface area contributed by atoms with Crippen LogP contribution in [-0.2, 0) is 14.8 Å². The van der Waals surface area contributed by atoms with E-state index in [-0.39, 0.29) is 10.1 Å². The van der Waals surface area contributed by atoms with Gasteiger partial charge < -0.3 is 0 Å². The minimum absolute atomic E-state index is 0.0528. The van der Waals surface area contributed by atoms with E-state index in [0.717, 1.165) is 6.08 Å². The molecule has 4 nitrogen and oxygen atoms in total. The van der Waals surface area contributed by atoms with Gasteiger partial charge in [-0.2, -0.15) is 8.42 Å². The minimum atomic E-state index is -3.91. The Balaban J connectivity index is 3.28. The van der Waals surface area contributed by atoms with Crippen molar-refractivity contribution in [2.75, 3.05) is 0 Å². The van der Waals surface area contributed by atoms with Crippen LogP contribution in [0, 0.1) is 0 Å². The molecule has 1 rings (SSSR count). The highest BCUT2D eigenvalue weighted by atomic mass is 32.2. The lowest BCUT2D eigenvalue weighted by molar-refractivity contribution is 0.563. The molecule has 0 aromatic heterocycles. The second-order valence-electron chi connectivity index (χ2n) is 3.27. The molecule has 1 aromatic carbocycles. The molecule has 0 aliphatic carbocycles. The molecule has 0 aliphatic heterocycles. The molecule has 6 heteroatoms. The van der Waals surface area contributed by atoms with Gasteiger partial charge in [-0.25, -0.2) is 4.79 Å². The first-order valence-corrected chi connectivity index (χ1v) is 6.89. The molecule has 0 heterocycles. The van der Waals surface area contributed by atoms with Crippen LogP contribution in [0.1, 0.15) is 13.8 Å². The SMILES string of the molecule is CC(C)Sc1ccccc1S(=O)(=O)N=C=O. The van der Waals surface area contributed by atoms with E-state index in [9.17, 15) is 13.2 Å². The Bertz CT molecular complexity index is 517. The van der Waals surface area contributed by atoms with Crippen LogP contribution < -0.4 is 0 Å². The topological polar surface area (TPSA) is 63.6 Å². The van der Waals surface area contributed by atoms with Crippen LogP contribution in [0.25, 0.3) is 0 Å². The van der Waals surface area contributed by atoms with Gasteiger partial charge in [-0.05, 0) is 12.1 Å².